The van der Waals surface area contributed by atoms with Gasteiger partial charge in [-0.05, 0) is 19.3 Å². The van der Waals surface area contributed by atoms with Gasteiger partial charge in [-0.3, -0.25) is 9.59 Å². The maximum atomic E-state index is 12.3. The number of aliphatic carboxylic acids is 1. The van der Waals surface area contributed by atoms with E-state index in [1.54, 1.807) is 9.80 Å². The van der Waals surface area contributed by atoms with Crippen LogP contribution in [0.4, 0.5) is 4.79 Å². The summed E-state index contributed by atoms with van der Waals surface area (Å²) in [5.74, 6) is -1.18. The van der Waals surface area contributed by atoms with Crippen LogP contribution in [-0.2, 0) is 9.59 Å². The molecule has 2 aliphatic rings. The number of nitrogens with zero attached hydrogens (tertiary/aromatic N) is 2. The molecule has 0 aromatic carbocycles. The molecule has 2 fully saturated rings. The first-order valence-electron chi connectivity index (χ1n) is 7.01. The average molecular weight is 283 g/mol. The Morgan fingerprint density at radius 2 is 1.65 bits per heavy atom. The van der Waals surface area contributed by atoms with Gasteiger partial charge < -0.3 is 20.2 Å². The largest absolute Gasteiger partial charge is 0.481 e. The monoisotopic (exact) mass is 283 g/mol. The van der Waals surface area contributed by atoms with Gasteiger partial charge in [0, 0.05) is 39.1 Å². The van der Waals surface area contributed by atoms with E-state index in [0.29, 0.717) is 39.0 Å². The zero-order chi connectivity index (χ0) is 14.7. The van der Waals surface area contributed by atoms with Gasteiger partial charge in [-0.15, -0.1) is 0 Å². The van der Waals surface area contributed by atoms with E-state index in [4.69, 9.17) is 5.11 Å². The highest BCUT2D eigenvalue weighted by Gasteiger charge is 2.32. The van der Waals surface area contributed by atoms with E-state index in [0.717, 1.165) is 6.42 Å². The summed E-state index contributed by atoms with van der Waals surface area (Å²) in [6, 6.07) is -0.00491. The standard InChI is InChI=1S/C13H21N3O4/c1-9(17)14-11-4-7-16(8-11)13(20)15-5-2-10(3-6-15)12(18)19/h10-11H,2-8H2,1H3,(H,14,17)(H,18,19). The van der Waals surface area contributed by atoms with Crippen molar-refractivity contribution in [1.29, 1.82) is 0 Å². The molecular formula is C13H21N3O4. The summed E-state index contributed by atoms with van der Waals surface area (Å²) >= 11 is 0. The first kappa shape index (κ1) is 14.6. The Morgan fingerprint density at radius 1 is 1.05 bits per heavy atom. The second-order valence-electron chi connectivity index (χ2n) is 5.51. The van der Waals surface area contributed by atoms with Crippen molar-refractivity contribution in [1.82, 2.24) is 15.1 Å². The third-order valence-corrected chi connectivity index (χ3v) is 3.98. The number of urea groups is 1. The number of likely N-dealkylation sites (tertiary alicyclic amines) is 2. The summed E-state index contributed by atoms with van der Waals surface area (Å²) in [6.07, 6.45) is 1.81. The molecule has 0 spiro atoms. The average Bonchev–Trinajstić information content (AvgIpc) is 2.85. The minimum atomic E-state index is -0.774. The van der Waals surface area contributed by atoms with E-state index in [1.807, 2.05) is 0 Å². The lowest BCUT2D eigenvalue weighted by atomic mass is 9.97. The van der Waals surface area contributed by atoms with E-state index in [2.05, 4.69) is 5.32 Å². The van der Waals surface area contributed by atoms with Crippen molar-refractivity contribution in [3.8, 4) is 0 Å². The van der Waals surface area contributed by atoms with Crippen LogP contribution in [0.3, 0.4) is 0 Å². The van der Waals surface area contributed by atoms with Crippen LogP contribution in [-0.4, -0.2) is 65.0 Å². The Hall–Kier alpha value is -1.79. The van der Waals surface area contributed by atoms with Crippen molar-refractivity contribution in [2.24, 2.45) is 5.92 Å². The minimum Gasteiger partial charge on any atom is -0.481 e. The molecule has 1 atom stereocenters. The number of amides is 3. The number of hydrogen-bond acceptors (Lipinski definition) is 3. The van der Waals surface area contributed by atoms with E-state index < -0.39 is 5.97 Å². The molecule has 2 heterocycles. The summed E-state index contributed by atoms with van der Waals surface area (Å²) in [6.45, 7) is 3.65. The first-order valence-corrected chi connectivity index (χ1v) is 7.01. The van der Waals surface area contributed by atoms with Crippen molar-refractivity contribution in [3.05, 3.63) is 0 Å². The quantitative estimate of drug-likeness (QED) is 0.753. The highest BCUT2D eigenvalue weighted by molar-refractivity contribution is 5.76. The predicted octanol–water partition coefficient (Wildman–Crippen LogP) is 0.113. The van der Waals surface area contributed by atoms with Gasteiger partial charge in [-0.25, -0.2) is 4.79 Å². The third kappa shape index (κ3) is 3.40. The number of carboxylic acids is 1. The molecule has 7 heteroatoms. The SMILES string of the molecule is CC(=O)NC1CCN(C(=O)N2CCC(C(=O)O)CC2)C1. The highest BCUT2D eigenvalue weighted by atomic mass is 16.4. The number of rotatable bonds is 2. The summed E-state index contributed by atoms with van der Waals surface area (Å²) in [7, 11) is 0. The number of carbonyl (C=O) groups excluding carboxylic acids is 2. The van der Waals surface area contributed by atoms with E-state index in [9.17, 15) is 14.4 Å². The third-order valence-electron chi connectivity index (χ3n) is 3.98. The smallest absolute Gasteiger partial charge is 0.320 e. The topological polar surface area (TPSA) is 90.0 Å². The molecule has 0 aliphatic carbocycles. The van der Waals surface area contributed by atoms with Crippen LogP contribution in [0, 0.1) is 5.92 Å². The van der Waals surface area contributed by atoms with E-state index in [1.165, 1.54) is 6.92 Å². The fraction of sp³-hybridized carbons (Fsp3) is 0.769. The lowest BCUT2D eigenvalue weighted by Gasteiger charge is -2.33. The predicted molar refractivity (Wildman–Crippen MR) is 71.1 cm³/mol. The maximum absolute atomic E-state index is 12.3. The summed E-state index contributed by atoms with van der Waals surface area (Å²) in [4.78, 5) is 37.6. The molecule has 0 aromatic heterocycles. The molecule has 0 saturated carbocycles. The molecule has 2 aliphatic heterocycles. The molecule has 0 aromatic rings. The van der Waals surface area contributed by atoms with Crippen LogP contribution >= 0.6 is 0 Å². The number of piperidine rings is 1. The minimum absolute atomic E-state index is 0.0352. The normalized spacial score (nSPS) is 23.8. The molecule has 2 N–H and O–H groups in total. The summed E-state index contributed by atoms with van der Waals surface area (Å²) < 4.78 is 0. The Bertz CT molecular complexity index is 400. The van der Waals surface area contributed by atoms with Crippen molar-refractivity contribution in [2.75, 3.05) is 26.2 Å². The van der Waals surface area contributed by atoms with Crippen LogP contribution in [0.5, 0.6) is 0 Å². The molecule has 3 amide bonds. The van der Waals surface area contributed by atoms with Crippen molar-refractivity contribution >= 4 is 17.9 Å². The number of hydrogen-bond donors (Lipinski definition) is 2. The fourth-order valence-corrected chi connectivity index (χ4v) is 2.86. The molecule has 112 valence electrons. The maximum Gasteiger partial charge on any atom is 0.320 e. The lowest BCUT2D eigenvalue weighted by Crippen LogP contribution is -2.47. The second-order valence-corrected chi connectivity index (χ2v) is 5.51. The Kier molecular flexibility index (Phi) is 4.46. The lowest BCUT2D eigenvalue weighted by molar-refractivity contribution is -0.143. The molecule has 2 saturated heterocycles. The summed E-state index contributed by atoms with van der Waals surface area (Å²) in [5.41, 5.74) is 0. The molecule has 20 heavy (non-hydrogen) atoms. The Labute approximate surface area is 117 Å². The number of carboxylic acid groups (broad SMARTS) is 1. The van der Waals surface area contributed by atoms with Crippen LogP contribution in [0.1, 0.15) is 26.2 Å². The van der Waals surface area contributed by atoms with Gasteiger partial charge in [-0.1, -0.05) is 0 Å². The van der Waals surface area contributed by atoms with Crippen molar-refractivity contribution < 1.29 is 19.5 Å². The zero-order valence-corrected chi connectivity index (χ0v) is 11.7. The highest BCUT2D eigenvalue weighted by Crippen LogP contribution is 2.20. The Morgan fingerprint density at radius 3 is 2.20 bits per heavy atom. The van der Waals surface area contributed by atoms with Gasteiger partial charge in [0.05, 0.1) is 5.92 Å². The van der Waals surface area contributed by atoms with Crippen LogP contribution in [0.15, 0.2) is 0 Å². The van der Waals surface area contributed by atoms with Gasteiger partial charge in [0.15, 0.2) is 0 Å². The molecule has 2 rings (SSSR count). The van der Waals surface area contributed by atoms with Gasteiger partial charge in [0.25, 0.3) is 0 Å². The van der Waals surface area contributed by atoms with Gasteiger partial charge in [0.1, 0.15) is 0 Å². The zero-order valence-electron chi connectivity index (χ0n) is 11.7. The molecule has 7 nitrogen and oxygen atoms in total. The Balaban J connectivity index is 1.81. The van der Waals surface area contributed by atoms with Crippen LogP contribution in [0.25, 0.3) is 0 Å². The van der Waals surface area contributed by atoms with Gasteiger partial charge in [-0.2, -0.15) is 0 Å². The fourth-order valence-electron chi connectivity index (χ4n) is 2.86. The molecule has 0 radical (unpaired) electrons. The molecule has 1 unspecified atom stereocenters. The second kappa shape index (κ2) is 6.11. The van der Waals surface area contributed by atoms with Gasteiger partial charge >= 0.3 is 12.0 Å². The first-order chi connectivity index (χ1) is 9.47. The molecule has 0 bridgehead atoms. The van der Waals surface area contributed by atoms with Crippen LogP contribution < -0.4 is 5.32 Å². The summed E-state index contributed by atoms with van der Waals surface area (Å²) in [5, 5.41) is 11.8. The van der Waals surface area contributed by atoms with Crippen molar-refractivity contribution in [3.63, 3.8) is 0 Å². The van der Waals surface area contributed by atoms with Gasteiger partial charge in [0.2, 0.25) is 5.91 Å². The number of carbonyl (C=O) groups is 3. The van der Waals surface area contributed by atoms with E-state index >= 15 is 0 Å². The number of nitrogens with one attached hydrogen (secondary N) is 1. The van der Waals surface area contributed by atoms with E-state index in [-0.39, 0.29) is 23.9 Å². The van der Waals surface area contributed by atoms with Crippen LogP contribution in [0.2, 0.25) is 0 Å². The van der Waals surface area contributed by atoms with Crippen molar-refractivity contribution in [2.45, 2.75) is 32.2 Å². The molecular weight excluding hydrogens is 262 g/mol.